The first kappa shape index (κ1) is 15.1. The summed E-state index contributed by atoms with van der Waals surface area (Å²) in [4.78, 5) is 0. The van der Waals surface area contributed by atoms with Crippen LogP contribution in [0.2, 0.25) is 0 Å². The van der Waals surface area contributed by atoms with Gasteiger partial charge in [0.1, 0.15) is 0 Å². The second-order valence-corrected chi connectivity index (χ2v) is 8.24. The van der Waals surface area contributed by atoms with Gasteiger partial charge in [0.2, 0.25) is 0 Å². The molecule has 0 spiro atoms. The van der Waals surface area contributed by atoms with Gasteiger partial charge in [-0.1, -0.05) is 71.9 Å². The Morgan fingerprint density at radius 2 is 1.40 bits per heavy atom. The van der Waals surface area contributed by atoms with Gasteiger partial charge in [0, 0.05) is 0 Å². The summed E-state index contributed by atoms with van der Waals surface area (Å²) in [6, 6.07) is 11.3. The zero-order valence-corrected chi connectivity index (χ0v) is 14.1. The van der Waals surface area contributed by atoms with Crippen molar-refractivity contribution in [1.82, 2.24) is 0 Å². The van der Waals surface area contributed by atoms with Gasteiger partial charge >= 0.3 is 0 Å². The quantitative estimate of drug-likeness (QED) is 0.592. The molecule has 0 aliphatic carbocycles. The van der Waals surface area contributed by atoms with Crippen LogP contribution in [0, 0.1) is 12.3 Å². The molecule has 0 heteroatoms. The van der Waals surface area contributed by atoms with Crippen molar-refractivity contribution in [2.75, 3.05) is 0 Å². The first-order valence-corrected chi connectivity index (χ1v) is 7.61. The Hall–Kier alpha value is -1.30. The fourth-order valence-corrected chi connectivity index (χ4v) is 3.09. The highest BCUT2D eigenvalue weighted by molar-refractivity contribution is 5.90. The van der Waals surface area contributed by atoms with Crippen LogP contribution in [-0.2, 0) is 11.8 Å². The van der Waals surface area contributed by atoms with Crippen LogP contribution in [0.5, 0.6) is 0 Å². The number of rotatable bonds is 1. The molecule has 20 heavy (non-hydrogen) atoms. The molecule has 0 aliphatic heterocycles. The zero-order valence-electron chi connectivity index (χ0n) is 14.1. The smallest absolute Gasteiger partial charge is 0.0129 e. The van der Waals surface area contributed by atoms with Crippen LogP contribution in [0.3, 0.4) is 0 Å². The maximum absolute atomic E-state index is 2.45. The first-order chi connectivity index (χ1) is 9.09. The van der Waals surface area contributed by atoms with Crippen LogP contribution >= 0.6 is 0 Å². The molecular formula is C20H28. The highest BCUT2D eigenvalue weighted by Crippen LogP contribution is 2.35. The summed E-state index contributed by atoms with van der Waals surface area (Å²) in [5, 5.41) is 2.84. The maximum Gasteiger partial charge on any atom is -0.0129 e. The van der Waals surface area contributed by atoms with Crippen molar-refractivity contribution in [3.63, 3.8) is 0 Å². The minimum absolute atomic E-state index is 0.195. The van der Waals surface area contributed by atoms with E-state index in [4.69, 9.17) is 0 Å². The van der Waals surface area contributed by atoms with E-state index in [1.54, 1.807) is 0 Å². The molecule has 0 nitrogen and oxygen atoms in total. The van der Waals surface area contributed by atoms with Gasteiger partial charge in [0.05, 0.1) is 0 Å². The van der Waals surface area contributed by atoms with E-state index in [2.05, 4.69) is 78.8 Å². The second-order valence-electron chi connectivity index (χ2n) is 8.24. The molecule has 0 unspecified atom stereocenters. The molecule has 0 atom stereocenters. The van der Waals surface area contributed by atoms with Gasteiger partial charge in [0.25, 0.3) is 0 Å². The second kappa shape index (κ2) is 4.91. The van der Waals surface area contributed by atoms with E-state index in [1.165, 1.54) is 27.5 Å². The summed E-state index contributed by atoms with van der Waals surface area (Å²) in [6.45, 7) is 16.2. The summed E-state index contributed by atoms with van der Waals surface area (Å²) in [6.07, 6.45) is 1.12. The van der Waals surface area contributed by atoms with Gasteiger partial charge in [0.15, 0.2) is 0 Å². The Morgan fingerprint density at radius 3 is 1.90 bits per heavy atom. The topological polar surface area (TPSA) is 0 Å². The van der Waals surface area contributed by atoms with Crippen LogP contribution in [0.25, 0.3) is 10.8 Å². The van der Waals surface area contributed by atoms with Gasteiger partial charge in [-0.15, -0.1) is 0 Å². The van der Waals surface area contributed by atoms with E-state index in [-0.39, 0.29) is 5.41 Å². The largest absolute Gasteiger partial charge is 0.0616 e. The lowest BCUT2D eigenvalue weighted by Gasteiger charge is -2.27. The van der Waals surface area contributed by atoms with Crippen LogP contribution in [-0.4, -0.2) is 0 Å². The average Bonchev–Trinajstić information content (AvgIpc) is 2.30. The van der Waals surface area contributed by atoms with Gasteiger partial charge in [-0.05, 0) is 51.6 Å². The molecule has 0 N–H and O–H groups in total. The molecule has 0 amide bonds. The van der Waals surface area contributed by atoms with Crippen molar-refractivity contribution in [3.05, 3.63) is 47.0 Å². The van der Waals surface area contributed by atoms with E-state index in [0.717, 1.165) is 6.42 Å². The highest BCUT2D eigenvalue weighted by atomic mass is 14.3. The van der Waals surface area contributed by atoms with Gasteiger partial charge in [-0.2, -0.15) is 0 Å². The Morgan fingerprint density at radius 1 is 0.850 bits per heavy atom. The fourth-order valence-electron chi connectivity index (χ4n) is 3.09. The van der Waals surface area contributed by atoms with Crippen molar-refractivity contribution in [2.45, 2.75) is 60.3 Å². The lowest BCUT2D eigenvalue weighted by molar-refractivity contribution is 0.412. The molecule has 0 fully saturated rings. The molecule has 2 aromatic rings. The molecule has 0 saturated heterocycles. The van der Waals surface area contributed by atoms with Crippen LogP contribution in [0.4, 0.5) is 0 Å². The monoisotopic (exact) mass is 268 g/mol. The molecule has 2 aromatic carbocycles. The van der Waals surface area contributed by atoms with Crippen molar-refractivity contribution in [1.29, 1.82) is 0 Å². The zero-order chi connectivity index (χ0) is 15.1. The SMILES string of the molecule is Cc1c(C(C)(C)C)cc(CC(C)(C)C)c2ccccc12. The van der Waals surface area contributed by atoms with Gasteiger partial charge in [-0.25, -0.2) is 0 Å². The Kier molecular flexibility index (Phi) is 3.71. The number of hydrogen-bond acceptors (Lipinski definition) is 0. The predicted molar refractivity (Wildman–Crippen MR) is 90.5 cm³/mol. The van der Waals surface area contributed by atoms with Gasteiger partial charge in [-0.3, -0.25) is 0 Å². The van der Waals surface area contributed by atoms with Crippen molar-refractivity contribution < 1.29 is 0 Å². The Labute approximate surface area is 124 Å². The number of aryl methyl sites for hydroxylation is 1. The minimum Gasteiger partial charge on any atom is -0.0616 e. The van der Waals surface area contributed by atoms with Crippen molar-refractivity contribution in [3.8, 4) is 0 Å². The first-order valence-electron chi connectivity index (χ1n) is 7.61. The third-order valence-corrected chi connectivity index (χ3v) is 3.93. The van der Waals surface area contributed by atoms with Crippen LogP contribution < -0.4 is 0 Å². The Balaban J connectivity index is 2.76. The molecule has 0 aromatic heterocycles. The molecule has 0 bridgehead atoms. The van der Waals surface area contributed by atoms with Crippen LogP contribution in [0.1, 0.15) is 58.2 Å². The summed E-state index contributed by atoms with van der Waals surface area (Å²) < 4.78 is 0. The summed E-state index contributed by atoms with van der Waals surface area (Å²) >= 11 is 0. The third kappa shape index (κ3) is 3.06. The molecule has 0 heterocycles. The number of benzene rings is 2. The predicted octanol–water partition coefficient (Wildman–Crippen LogP) is 6.03. The normalized spacial score (nSPS) is 12.9. The number of hydrogen-bond donors (Lipinski definition) is 0. The molecule has 2 rings (SSSR count). The average molecular weight is 268 g/mol. The van der Waals surface area contributed by atoms with E-state index >= 15 is 0 Å². The van der Waals surface area contributed by atoms with Crippen LogP contribution in [0.15, 0.2) is 30.3 Å². The molecular weight excluding hydrogens is 240 g/mol. The summed E-state index contributed by atoms with van der Waals surface area (Å²) in [7, 11) is 0. The molecule has 0 saturated carbocycles. The number of fused-ring (bicyclic) bond motifs is 1. The van der Waals surface area contributed by atoms with E-state index < -0.39 is 0 Å². The lowest BCUT2D eigenvalue weighted by Crippen LogP contribution is -2.16. The maximum atomic E-state index is 2.45. The Bertz CT molecular complexity index is 619. The van der Waals surface area contributed by atoms with Crippen molar-refractivity contribution >= 4 is 10.8 Å². The van der Waals surface area contributed by atoms with E-state index in [0.29, 0.717) is 5.41 Å². The minimum atomic E-state index is 0.195. The standard InChI is InChI=1S/C20H28/c1-14-16-10-8-9-11-17(16)15(13-19(2,3)4)12-18(14)20(5,6)7/h8-12H,13H2,1-7H3. The molecule has 0 aliphatic rings. The van der Waals surface area contributed by atoms with E-state index in [9.17, 15) is 0 Å². The summed E-state index contributed by atoms with van der Waals surface area (Å²) in [5.41, 5.74) is 4.92. The highest BCUT2D eigenvalue weighted by Gasteiger charge is 2.21. The van der Waals surface area contributed by atoms with Crippen molar-refractivity contribution in [2.24, 2.45) is 5.41 Å². The molecule has 0 radical (unpaired) electrons. The fraction of sp³-hybridized carbons (Fsp3) is 0.500. The summed E-state index contributed by atoms with van der Waals surface area (Å²) in [5.74, 6) is 0. The third-order valence-electron chi connectivity index (χ3n) is 3.93. The molecule has 108 valence electrons. The lowest BCUT2D eigenvalue weighted by atomic mass is 9.78. The van der Waals surface area contributed by atoms with E-state index in [1.807, 2.05) is 0 Å². The van der Waals surface area contributed by atoms with Gasteiger partial charge < -0.3 is 0 Å².